The van der Waals surface area contributed by atoms with E-state index in [-0.39, 0.29) is 35.8 Å². The minimum Gasteiger partial charge on any atom is -0.494 e. The van der Waals surface area contributed by atoms with Gasteiger partial charge >= 0.3 is 0 Å². The fourth-order valence-electron chi connectivity index (χ4n) is 3.68. The predicted molar refractivity (Wildman–Crippen MR) is 100 cm³/mol. The molecule has 0 radical (unpaired) electrons. The molecule has 1 saturated carbocycles. The van der Waals surface area contributed by atoms with Crippen molar-refractivity contribution in [3.63, 3.8) is 0 Å². The zero-order valence-corrected chi connectivity index (χ0v) is 16.1. The van der Waals surface area contributed by atoms with Crippen LogP contribution in [0.4, 0.5) is 13.2 Å². The molecule has 1 aliphatic carbocycles. The molecule has 0 spiro atoms. The van der Waals surface area contributed by atoms with E-state index in [9.17, 15) is 13.2 Å². The van der Waals surface area contributed by atoms with Gasteiger partial charge in [-0.25, -0.2) is 8.78 Å². The molecule has 28 heavy (non-hydrogen) atoms. The highest BCUT2D eigenvalue weighted by Gasteiger charge is 2.25. The van der Waals surface area contributed by atoms with Gasteiger partial charge in [-0.2, -0.15) is 4.39 Å². The zero-order valence-electron chi connectivity index (χ0n) is 16.1. The first kappa shape index (κ1) is 20.5. The number of methoxy groups -OCH3 is 1. The van der Waals surface area contributed by atoms with Crippen molar-refractivity contribution in [2.75, 3.05) is 13.7 Å². The maximum atomic E-state index is 14.4. The van der Waals surface area contributed by atoms with Crippen LogP contribution >= 0.6 is 0 Å². The highest BCUT2D eigenvalue weighted by Crippen LogP contribution is 2.36. The SMILES string of the molecule is CCOc1ccc(C2CCC(OCc3ccc(OC)c(F)c3F)CC2)c(F)c1. The monoisotopic (exact) mass is 394 g/mol. The molecular formula is C22H25F3O3. The van der Waals surface area contributed by atoms with Crippen LogP contribution in [0.2, 0.25) is 0 Å². The van der Waals surface area contributed by atoms with Crippen LogP contribution < -0.4 is 9.47 Å². The van der Waals surface area contributed by atoms with Crippen molar-refractivity contribution in [3.05, 3.63) is 58.9 Å². The van der Waals surface area contributed by atoms with Crippen LogP contribution in [0.15, 0.2) is 30.3 Å². The second kappa shape index (κ2) is 9.32. The first-order valence-electron chi connectivity index (χ1n) is 9.58. The quantitative estimate of drug-likeness (QED) is 0.598. The molecule has 0 amide bonds. The Morgan fingerprint density at radius 2 is 1.71 bits per heavy atom. The van der Waals surface area contributed by atoms with Gasteiger partial charge in [0.25, 0.3) is 0 Å². The summed E-state index contributed by atoms with van der Waals surface area (Å²) in [6, 6.07) is 7.89. The molecule has 0 N–H and O–H groups in total. The molecule has 0 aromatic heterocycles. The van der Waals surface area contributed by atoms with Crippen molar-refractivity contribution in [2.24, 2.45) is 0 Å². The fraction of sp³-hybridized carbons (Fsp3) is 0.455. The van der Waals surface area contributed by atoms with Gasteiger partial charge in [-0.1, -0.05) is 6.07 Å². The van der Waals surface area contributed by atoms with E-state index in [2.05, 4.69) is 0 Å². The molecule has 0 atom stereocenters. The van der Waals surface area contributed by atoms with Gasteiger partial charge < -0.3 is 14.2 Å². The first-order valence-corrected chi connectivity index (χ1v) is 9.58. The fourth-order valence-corrected chi connectivity index (χ4v) is 3.68. The molecule has 3 nitrogen and oxygen atoms in total. The molecule has 0 saturated heterocycles. The van der Waals surface area contributed by atoms with E-state index in [1.807, 2.05) is 6.92 Å². The summed E-state index contributed by atoms with van der Waals surface area (Å²) in [6.45, 7) is 2.36. The summed E-state index contributed by atoms with van der Waals surface area (Å²) >= 11 is 0. The van der Waals surface area contributed by atoms with E-state index in [1.54, 1.807) is 12.1 Å². The van der Waals surface area contributed by atoms with Gasteiger partial charge in [0.2, 0.25) is 5.82 Å². The molecule has 2 aromatic carbocycles. The van der Waals surface area contributed by atoms with Crippen molar-refractivity contribution < 1.29 is 27.4 Å². The number of ether oxygens (including phenoxy) is 3. The van der Waals surface area contributed by atoms with Gasteiger partial charge in [0.05, 0.1) is 26.4 Å². The molecule has 0 bridgehead atoms. The molecule has 0 unspecified atom stereocenters. The van der Waals surface area contributed by atoms with Crippen LogP contribution in [0, 0.1) is 17.5 Å². The Kier molecular flexibility index (Phi) is 6.83. The number of rotatable bonds is 7. The smallest absolute Gasteiger partial charge is 0.200 e. The van der Waals surface area contributed by atoms with E-state index in [1.165, 1.54) is 25.3 Å². The van der Waals surface area contributed by atoms with E-state index in [0.717, 1.165) is 25.7 Å². The molecule has 6 heteroatoms. The topological polar surface area (TPSA) is 27.7 Å². The lowest BCUT2D eigenvalue weighted by molar-refractivity contribution is 0.0116. The van der Waals surface area contributed by atoms with Crippen molar-refractivity contribution in [1.82, 2.24) is 0 Å². The molecule has 152 valence electrons. The molecule has 0 aliphatic heterocycles. The van der Waals surface area contributed by atoms with E-state index < -0.39 is 11.6 Å². The zero-order chi connectivity index (χ0) is 20.1. The minimum atomic E-state index is -1.00. The highest BCUT2D eigenvalue weighted by molar-refractivity contribution is 5.32. The standard InChI is InChI=1S/C22H25F3O3/c1-3-27-17-9-10-18(19(23)12-17)14-4-7-16(8-5-14)28-13-15-6-11-20(26-2)22(25)21(15)24/h6,9-12,14,16H,3-5,7-8,13H2,1-2H3. The minimum absolute atomic E-state index is 0.000500. The number of hydrogen-bond acceptors (Lipinski definition) is 3. The van der Waals surface area contributed by atoms with Crippen LogP contribution in [0.3, 0.4) is 0 Å². The maximum Gasteiger partial charge on any atom is 0.200 e. The Bertz CT molecular complexity index is 802. The molecular weight excluding hydrogens is 369 g/mol. The van der Waals surface area contributed by atoms with Crippen molar-refractivity contribution in [1.29, 1.82) is 0 Å². The van der Waals surface area contributed by atoms with Gasteiger partial charge in [-0.05, 0) is 62.3 Å². The van der Waals surface area contributed by atoms with Crippen LogP contribution in [0.25, 0.3) is 0 Å². The largest absolute Gasteiger partial charge is 0.494 e. The van der Waals surface area contributed by atoms with Crippen LogP contribution in [0.1, 0.15) is 49.7 Å². The van der Waals surface area contributed by atoms with Crippen molar-refractivity contribution in [3.8, 4) is 11.5 Å². The second-order valence-corrected chi connectivity index (χ2v) is 6.96. The Morgan fingerprint density at radius 3 is 2.36 bits per heavy atom. The van der Waals surface area contributed by atoms with Gasteiger partial charge in [0, 0.05) is 11.6 Å². The molecule has 0 heterocycles. The predicted octanol–water partition coefficient (Wildman–Crippen LogP) is 5.75. The Hall–Kier alpha value is -2.21. The second-order valence-electron chi connectivity index (χ2n) is 6.96. The summed E-state index contributed by atoms with van der Waals surface area (Å²) in [6.07, 6.45) is 3.02. The van der Waals surface area contributed by atoms with Crippen molar-refractivity contribution in [2.45, 2.75) is 51.2 Å². The third-order valence-electron chi connectivity index (χ3n) is 5.22. The van der Waals surface area contributed by atoms with Crippen LogP contribution in [-0.4, -0.2) is 19.8 Å². The lowest BCUT2D eigenvalue weighted by Crippen LogP contribution is -2.21. The van der Waals surface area contributed by atoms with Gasteiger partial charge in [0.15, 0.2) is 11.6 Å². The Morgan fingerprint density at radius 1 is 0.964 bits per heavy atom. The lowest BCUT2D eigenvalue weighted by atomic mass is 9.82. The average Bonchev–Trinajstić information content (AvgIpc) is 2.70. The van der Waals surface area contributed by atoms with E-state index >= 15 is 0 Å². The first-order chi connectivity index (χ1) is 13.5. The van der Waals surface area contributed by atoms with Crippen LogP contribution in [-0.2, 0) is 11.3 Å². The number of halogens is 3. The average molecular weight is 394 g/mol. The van der Waals surface area contributed by atoms with Crippen molar-refractivity contribution >= 4 is 0 Å². The summed E-state index contributed by atoms with van der Waals surface area (Å²) in [5, 5.41) is 0. The third kappa shape index (κ3) is 4.61. The number of hydrogen-bond donors (Lipinski definition) is 0. The lowest BCUT2D eigenvalue weighted by Gasteiger charge is -2.29. The summed E-state index contributed by atoms with van der Waals surface area (Å²) < 4.78 is 58.1. The van der Waals surface area contributed by atoms with Gasteiger partial charge in [-0.15, -0.1) is 0 Å². The maximum absolute atomic E-state index is 14.4. The van der Waals surface area contributed by atoms with E-state index in [0.29, 0.717) is 17.9 Å². The summed E-state index contributed by atoms with van der Waals surface area (Å²) in [5.74, 6) is -1.65. The molecule has 3 rings (SSSR count). The summed E-state index contributed by atoms with van der Waals surface area (Å²) in [5.41, 5.74) is 0.864. The molecule has 2 aromatic rings. The van der Waals surface area contributed by atoms with E-state index in [4.69, 9.17) is 14.2 Å². The summed E-state index contributed by atoms with van der Waals surface area (Å²) in [7, 11) is 1.29. The van der Waals surface area contributed by atoms with Gasteiger partial charge in [0.1, 0.15) is 11.6 Å². The molecule has 1 aliphatic rings. The Labute approximate surface area is 163 Å². The normalized spacial score (nSPS) is 19.5. The Balaban J connectivity index is 1.54. The molecule has 1 fully saturated rings. The van der Waals surface area contributed by atoms with Gasteiger partial charge in [-0.3, -0.25) is 0 Å². The third-order valence-corrected chi connectivity index (χ3v) is 5.22. The highest BCUT2D eigenvalue weighted by atomic mass is 19.2. The van der Waals surface area contributed by atoms with Crippen LogP contribution in [0.5, 0.6) is 11.5 Å². The summed E-state index contributed by atoms with van der Waals surface area (Å²) in [4.78, 5) is 0. The number of benzene rings is 2.